The van der Waals surface area contributed by atoms with Crippen LogP contribution in [0.5, 0.6) is 0 Å². The van der Waals surface area contributed by atoms with Crippen LogP contribution in [0.1, 0.15) is 32.1 Å². The highest BCUT2D eigenvalue weighted by Crippen LogP contribution is 2.49. The number of hydrogen-bond donors (Lipinski definition) is 1. The summed E-state index contributed by atoms with van der Waals surface area (Å²) < 4.78 is 13.2. The third-order valence-electron chi connectivity index (χ3n) is 6.52. The third-order valence-corrected chi connectivity index (χ3v) is 6.52. The van der Waals surface area contributed by atoms with Gasteiger partial charge in [0.15, 0.2) is 0 Å². The number of anilines is 1. The first-order chi connectivity index (χ1) is 13.1. The van der Waals surface area contributed by atoms with Crippen LogP contribution >= 0.6 is 0 Å². The van der Waals surface area contributed by atoms with Gasteiger partial charge in [-0.2, -0.15) is 0 Å². The van der Waals surface area contributed by atoms with Crippen LogP contribution in [0.25, 0.3) is 0 Å². The van der Waals surface area contributed by atoms with Crippen LogP contribution in [-0.4, -0.2) is 54.3 Å². The quantitative estimate of drug-likeness (QED) is 0.863. The molecule has 1 heterocycles. The molecule has 5 nitrogen and oxygen atoms in total. The first-order valence-electron chi connectivity index (χ1n) is 10.1. The summed E-state index contributed by atoms with van der Waals surface area (Å²) >= 11 is 0. The van der Waals surface area contributed by atoms with Gasteiger partial charge in [-0.3, -0.25) is 14.5 Å². The van der Waals surface area contributed by atoms with E-state index < -0.39 is 0 Å². The van der Waals surface area contributed by atoms with Gasteiger partial charge in [-0.25, -0.2) is 4.39 Å². The number of piperazine rings is 1. The maximum atomic E-state index is 13.2. The van der Waals surface area contributed by atoms with Gasteiger partial charge in [0.1, 0.15) is 5.82 Å². The molecule has 27 heavy (non-hydrogen) atoms. The lowest BCUT2D eigenvalue weighted by Crippen LogP contribution is -2.50. The van der Waals surface area contributed by atoms with Crippen molar-refractivity contribution in [1.29, 1.82) is 0 Å². The Bertz CT molecular complexity index is 702. The average molecular weight is 373 g/mol. The lowest BCUT2D eigenvalue weighted by Gasteiger charge is -2.35. The predicted molar refractivity (Wildman–Crippen MR) is 102 cm³/mol. The fourth-order valence-electron chi connectivity index (χ4n) is 5.11. The van der Waals surface area contributed by atoms with Gasteiger partial charge in [-0.1, -0.05) is 12.5 Å². The Balaban J connectivity index is 1.19. The predicted octanol–water partition coefficient (Wildman–Crippen LogP) is 2.73. The van der Waals surface area contributed by atoms with Crippen molar-refractivity contribution in [1.82, 2.24) is 9.80 Å². The SMILES string of the molecule is O=C(CN1CCN(C(=O)C[C@H]2C[C@H]3CC[C@@H]2C3)CC1)Nc1cccc(F)c1. The number of rotatable bonds is 5. The number of nitrogens with one attached hydrogen (secondary N) is 1. The van der Waals surface area contributed by atoms with E-state index in [1.165, 1.54) is 37.8 Å². The Hall–Kier alpha value is -1.95. The first-order valence-corrected chi connectivity index (χ1v) is 10.1. The van der Waals surface area contributed by atoms with Crippen molar-refractivity contribution < 1.29 is 14.0 Å². The number of fused-ring (bicyclic) bond motifs is 2. The molecular formula is C21H28FN3O2. The Morgan fingerprint density at radius 3 is 2.59 bits per heavy atom. The summed E-state index contributed by atoms with van der Waals surface area (Å²) in [4.78, 5) is 28.8. The van der Waals surface area contributed by atoms with Crippen LogP contribution in [0, 0.1) is 23.6 Å². The molecule has 2 saturated carbocycles. The van der Waals surface area contributed by atoms with Crippen molar-refractivity contribution in [3.8, 4) is 0 Å². The van der Waals surface area contributed by atoms with Gasteiger partial charge in [0.25, 0.3) is 0 Å². The molecule has 2 amide bonds. The van der Waals surface area contributed by atoms with E-state index in [1.54, 1.807) is 12.1 Å². The molecule has 2 bridgehead atoms. The number of carbonyl (C=O) groups excluding carboxylic acids is 2. The summed E-state index contributed by atoms with van der Waals surface area (Å²) in [7, 11) is 0. The monoisotopic (exact) mass is 373 g/mol. The summed E-state index contributed by atoms with van der Waals surface area (Å²) in [5.41, 5.74) is 0.472. The van der Waals surface area contributed by atoms with Gasteiger partial charge < -0.3 is 10.2 Å². The Labute approximate surface area is 159 Å². The highest BCUT2D eigenvalue weighted by molar-refractivity contribution is 5.92. The molecule has 0 spiro atoms. The number of hydrogen-bond acceptors (Lipinski definition) is 3. The lowest BCUT2D eigenvalue weighted by atomic mass is 9.86. The molecule has 6 heteroatoms. The molecule has 0 radical (unpaired) electrons. The smallest absolute Gasteiger partial charge is 0.238 e. The van der Waals surface area contributed by atoms with E-state index >= 15 is 0 Å². The number of halogens is 1. The second-order valence-corrected chi connectivity index (χ2v) is 8.35. The molecule has 0 aromatic heterocycles. The van der Waals surface area contributed by atoms with E-state index in [0.717, 1.165) is 11.8 Å². The maximum absolute atomic E-state index is 13.2. The summed E-state index contributed by atoms with van der Waals surface area (Å²) in [6.07, 6.45) is 5.98. The molecule has 1 N–H and O–H groups in total. The third kappa shape index (κ3) is 4.49. The molecule has 2 aliphatic carbocycles. The summed E-state index contributed by atoms with van der Waals surface area (Å²) in [6.45, 7) is 3.06. The van der Waals surface area contributed by atoms with Crippen LogP contribution in [0.15, 0.2) is 24.3 Å². The summed E-state index contributed by atoms with van der Waals surface area (Å²) in [5.74, 6) is 2.04. The van der Waals surface area contributed by atoms with E-state index in [9.17, 15) is 14.0 Å². The molecule has 3 atom stereocenters. The zero-order chi connectivity index (χ0) is 18.8. The van der Waals surface area contributed by atoms with E-state index in [4.69, 9.17) is 0 Å². The lowest BCUT2D eigenvalue weighted by molar-refractivity contribution is -0.134. The van der Waals surface area contributed by atoms with E-state index in [1.807, 2.05) is 4.90 Å². The summed E-state index contributed by atoms with van der Waals surface area (Å²) in [6, 6.07) is 5.91. The molecule has 1 aliphatic heterocycles. The highest BCUT2D eigenvalue weighted by atomic mass is 19.1. The van der Waals surface area contributed by atoms with Gasteiger partial charge in [-0.05, 0) is 55.2 Å². The van der Waals surface area contributed by atoms with E-state index in [0.29, 0.717) is 44.2 Å². The largest absolute Gasteiger partial charge is 0.340 e. The zero-order valence-electron chi connectivity index (χ0n) is 15.7. The minimum absolute atomic E-state index is 0.151. The standard InChI is InChI=1S/C21H28FN3O2/c22-18-2-1-3-19(13-18)23-20(26)14-24-6-8-25(9-7-24)21(27)12-17-11-15-4-5-16(17)10-15/h1-3,13,15-17H,4-12,14H2,(H,23,26)/t15-,16+,17+/m0/s1. The topological polar surface area (TPSA) is 52.7 Å². The van der Waals surface area contributed by atoms with Crippen molar-refractivity contribution in [2.45, 2.75) is 32.1 Å². The summed E-state index contributed by atoms with van der Waals surface area (Å²) in [5, 5.41) is 2.73. The Morgan fingerprint density at radius 1 is 1.11 bits per heavy atom. The van der Waals surface area contributed by atoms with Gasteiger partial charge >= 0.3 is 0 Å². The molecule has 1 aromatic carbocycles. The highest BCUT2D eigenvalue weighted by Gasteiger charge is 2.40. The average Bonchev–Trinajstić information content (AvgIpc) is 3.25. The minimum Gasteiger partial charge on any atom is -0.340 e. The van der Waals surface area contributed by atoms with Crippen LogP contribution in [0.3, 0.4) is 0 Å². The molecule has 1 saturated heterocycles. The Kier molecular flexibility index (Phi) is 5.43. The van der Waals surface area contributed by atoms with Crippen LogP contribution in [0.4, 0.5) is 10.1 Å². The van der Waals surface area contributed by atoms with Crippen LogP contribution < -0.4 is 5.32 Å². The van der Waals surface area contributed by atoms with Crippen molar-refractivity contribution in [3.63, 3.8) is 0 Å². The molecule has 0 unspecified atom stereocenters. The van der Waals surface area contributed by atoms with Crippen molar-refractivity contribution in [2.24, 2.45) is 17.8 Å². The van der Waals surface area contributed by atoms with Gasteiger partial charge in [0.2, 0.25) is 11.8 Å². The fourth-order valence-corrected chi connectivity index (χ4v) is 5.11. The normalized spacial score (nSPS) is 27.7. The van der Waals surface area contributed by atoms with E-state index in [2.05, 4.69) is 10.2 Å². The molecule has 146 valence electrons. The maximum Gasteiger partial charge on any atom is 0.238 e. The number of nitrogens with zero attached hydrogens (tertiary/aromatic N) is 2. The van der Waals surface area contributed by atoms with E-state index in [-0.39, 0.29) is 24.2 Å². The van der Waals surface area contributed by atoms with Gasteiger partial charge in [-0.15, -0.1) is 0 Å². The second kappa shape index (κ2) is 7.97. The van der Waals surface area contributed by atoms with Gasteiger partial charge in [0, 0.05) is 38.3 Å². The fraction of sp³-hybridized carbons (Fsp3) is 0.619. The number of amides is 2. The van der Waals surface area contributed by atoms with Gasteiger partial charge in [0.05, 0.1) is 6.54 Å². The molecule has 1 aromatic rings. The molecular weight excluding hydrogens is 345 g/mol. The van der Waals surface area contributed by atoms with Crippen molar-refractivity contribution in [2.75, 3.05) is 38.0 Å². The zero-order valence-corrected chi connectivity index (χ0v) is 15.7. The van der Waals surface area contributed by atoms with Crippen LogP contribution in [0.2, 0.25) is 0 Å². The Morgan fingerprint density at radius 2 is 1.93 bits per heavy atom. The minimum atomic E-state index is -0.365. The number of benzene rings is 1. The second-order valence-electron chi connectivity index (χ2n) is 8.35. The van der Waals surface area contributed by atoms with Crippen LogP contribution in [-0.2, 0) is 9.59 Å². The molecule has 3 aliphatic rings. The number of carbonyl (C=O) groups is 2. The van der Waals surface area contributed by atoms with Crippen molar-refractivity contribution in [3.05, 3.63) is 30.1 Å². The van der Waals surface area contributed by atoms with Crippen molar-refractivity contribution >= 4 is 17.5 Å². The molecule has 3 fully saturated rings. The first kappa shape index (κ1) is 18.4. The molecule has 4 rings (SSSR count).